The molecule has 2 heteroatoms. The Balaban J connectivity index is 2.16. The van der Waals surface area contributed by atoms with Crippen LogP contribution in [0.25, 0.3) is 0 Å². The Morgan fingerprint density at radius 2 is 2.00 bits per heavy atom. The SMILES string of the molecule is CCCN(Cc1cccc(C)c1)C1(CN)CCC(C)CC1. The van der Waals surface area contributed by atoms with Gasteiger partial charge in [0.15, 0.2) is 0 Å². The van der Waals surface area contributed by atoms with Crippen LogP contribution in [0.15, 0.2) is 24.3 Å². The molecule has 0 heterocycles. The minimum atomic E-state index is 0.228. The Morgan fingerprint density at radius 3 is 2.57 bits per heavy atom. The first kappa shape index (κ1) is 16.5. The van der Waals surface area contributed by atoms with Crippen molar-refractivity contribution in [2.45, 2.75) is 65.0 Å². The lowest BCUT2D eigenvalue weighted by Crippen LogP contribution is -2.55. The highest BCUT2D eigenvalue weighted by atomic mass is 15.2. The van der Waals surface area contributed by atoms with Crippen LogP contribution in [0.2, 0.25) is 0 Å². The summed E-state index contributed by atoms with van der Waals surface area (Å²) in [5.41, 5.74) is 9.26. The Labute approximate surface area is 130 Å². The van der Waals surface area contributed by atoms with E-state index in [1.165, 1.54) is 43.2 Å². The number of aryl methyl sites for hydroxylation is 1. The van der Waals surface area contributed by atoms with Crippen LogP contribution in [-0.4, -0.2) is 23.5 Å². The van der Waals surface area contributed by atoms with Gasteiger partial charge in [0.1, 0.15) is 0 Å². The van der Waals surface area contributed by atoms with Gasteiger partial charge < -0.3 is 5.73 Å². The molecular weight excluding hydrogens is 256 g/mol. The highest BCUT2D eigenvalue weighted by molar-refractivity contribution is 5.22. The maximum Gasteiger partial charge on any atom is 0.0335 e. The van der Waals surface area contributed by atoms with Crippen molar-refractivity contribution in [1.82, 2.24) is 4.90 Å². The number of benzene rings is 1. The molecule has 0 spiro atoms. The Hall–Kier alpha value is -0.860. The summed E-state index contributed by atoms with van der Waals surface area (Å²) < 4.78 is 0. The minimum Gasteiger partial charge on any atom is -0.329 e. The van der Waals surface area contributed by atoms with E-state index in [1.807, 2.05) is 0 Å². The second-order valence-corrected chi connectivity index (χ2v) is 7.02. The van der Waals surface area contributed by atoms with Gasteiger partial charge >= 0.3 is 0 Å². The van der Waals surface area contributed by atoms with Crippen LogP contribution in [0.3, 0.4) is 0 Å². The van der Waals surface area contributed by atoms with Gasteiger partial charge in [-0.05, 0) is 57.1 Å². The number of hydrogen-bond acceptors (Lipinski definition) is 2. The molecule has 1 saturated carbocycles. The fourth-order valence-electron chi connectivity index (χ4n) is 3.73. The molecule has 0 amide bonds. The van der Waals surface area contributed by atoms with E-state index in [2.05, 4.69) is 49.9 Å². The molecule has 1 aromatic rings. The van der Waals surface area contributed by atoms with Crippen LogP contribution >= 0.6 is 0 Å². The zero-order chi connectivity index (χ0) is 15.3. The molecule has 2 nitrogen and oxygen atoms in total. The van der Waals surface area contributed by atoms with Crippen molar-refractivity contribution in [3.63, 3.8) is 0 Å². The van der Waals surface area contributed by atoms with Crippen LogP contribution < -0.4 is 5.73 Å². The van der Waals surface area contributed by atoms with Crippen molar-refractivity contribution in [2.24, 2.45) is 11.7 Å². The molecule has 21 heavy (non-hydrogen) atoms. The van der Waals surface area contributed by atoms with Crippen molar-refractivity contribution < 1.29 is 0 Å². The summed E-state index contributed by atoms with van der Waals surface area (Å²) in [6.07, 6.45) is 6.37. The predicted octanol–water partition coefficient (Wildman–Crippen LogP) is 4.11. The molecule has 1 aromatic carbocycles. The number of nitrogens with zero attached hydrogens (tertiary/aromatic N) is 1. The Bertz CT molecular complexity index is 433. The van der Waals surface area contributed by atoms with Crippen molar-refractivity contribution in [2.75, 3.05) is 13.1 Å². The van der Waals surface area contributed by atoms with E-state index in [1.54, 1.807) is 0 Å². The topological polar surface area (TPSA) is 29.3 Å². The van der Waals surface area contributed by atoms with Crippen LogP contribution in [0.5, 0.6) is 0 Å². The molecule has 0 saturated heterocycles. The second kappa shape index (κ2) is 7.42. The van der Waals surface area contributed by atoms with E-state index < -0.39 is 0 Å². The standard InChI is InChI=1S/C19H32N2/c1-4-12-21(14-18-7-5-6-17(3)13-18)19(15-20)10-8-16(2)9-11-19/h5-7,13,16H,4,8-12,14-15,20H2,1-3H3. The molecule has 0 unspecified atom stereocenters. The van der Waals surface area contributed by atoms with Gasteiger partial charge in [0.25, 0.3) is 0 Å². The third-order valence-electron chi connectivity index (χ3n) is 5.21. The first-order chi connectivity index (χ1) is 10.1. The molecule has 0 aliphatic heterocycles. The lowest BCUT2D eigenvalue weighted by molar-refractivity contribution is 0.0377. The van der Waals surface area contributed by atoms with Gasteiger partial charge in [0.05, 0.1) is 0 Å². The van der Waals surface area contributed by atoms with Gasteiger partial charge in [-0.1, -0.05) is 43.7 Å². The summed E-state index contributed by atoms with van der Waals surface area (Å²) in [6.45, 7) is 9.82. The van der Waals surface area contributed by atoms with Gasteiger partial charge in [0.2, 0.25) is 0 Å². The number of hydrogen-bond donors (Lipinski definition) is 1. The normalized spacial score (nSPS) is 26.2. The van der Waals surface area contributed by atoms with Gasteiger partial charge in [0, 0.05) is 18.6 Å². The first-order valence-corrected chi connectivity index (χ1v) is 8.60. The zero-order valence-electron chi connectivity index (χ0n) is 14.1. The molecule has 0 atom stereocenters. The highest BCUT2D eigenvalue weighted by Crippen LogP contribution is 2.36. The third-order valence-corrected chi connectivity index (χ3v) is 5.21. The molecule has 1 aliphatic rings. The molecule has 0 bridgehead atoms. The maximum absolute atomic E-state index is 6.26. The molecule has 0 aromatic heterocycles. The minimum absolute atomic E-state index is 0.228. The first-order valence-electron chi connectivity index (χ1n) is 8.60. The maximum atomic E-state index is 6.26. The third kappa shape index (κ3) is 4.08. The molecule has 1 fully saturated rings. The van der Waals surface area contributed by atoms with E-state index in [9.17, 15) is 0 Å². The molecule has 2 rings (SSSR count). The average molecular weight is 288 g/mol. The van der Waals surface area contributed by atoms with Gasteiger partial charge in [-0.25, -0.2) is 0 Å². The summed E-state index contributed by atoms with van der Waals surface area (Å²) in [6, 6.07) is 8.92. The van der Waals surface area contributed by atoms with Crippen molar-refractivity contribution in [3.05, 3.63) is 35.4 Å². The molecular formula is C19H32N2. The van der Waals surface area contributed by atoms with E-state index in [4.69, 9.17) is 5.73 Å². The molecule has 1 aliphatic carbocycles. The van der Waals surface area contributed by atoms with E-state index in [0.717, 1.165) is 25.6 Å². The van der Waals surface area contributed by atoms with Crippen LogP contribution in [0.1, 0.15) is 57.1 Å². The largest absolute Gasteiger partial charge is 0.329 e. The van der Waals surface area contributed by atoms with E-state index >= 15 is 0 Å². The van der Waals surface area contributed by atoms with Crippen molar-refractivity contribution >= 4 is 0 Å². The Morgan fingerprint density at radius 1 is 1.29 bits per heavy atom. The van der Waals surface area contributed by atoms with Crippen molar-refractivity contribution in [1.29, 1.82) is 0 Å². The molecule has 0 radical (unpaired) electrons. The predicted molar refractivity (Wildman–Crippen MR) is 91.3 cm³/mol. The quantitative estimate of drug-likeness (QED) is 0.853. The molecule has 2 N–H and O–H groups in total. The summed E-state index contributed by atoms with van der Waals surface area (Å²) in [7, 11) is 0. The van der Waals surface area contributed by atoms with Gasteiger partial charge in [-0.2, -0.15) is 0 Å². The zero-order valence-corrected chi connectivity index (χ0v) is 14.1. The summed E-state index contributed by atoms with van der Waals surface area (Å²) >= 11 is 0. The summed E-state index contributed by atoms with van der Waals surface area (Å²) in [5.74, 6) is 0.868. The second-order valence-electron chi connectivity index (χ2n) is 7.02. The van der Waals surface area contributed by atoms with E-state index in [0.29, 0.717) is 0 Å². The lowest BCUT2D eigenvalue weighted by atomic mass is 9.75. The number of nitrogens with two attached hydrogens (primary N) is 1. The fraction of sp³-hybridized carbons (Fsp3) is 0.684. The number of rotatable bonds is 6. The highest BCUT2D eigenvalue weighted by Gasteiger charge is 2.37. The molecule has 118 valence electrons. The smallest absolute Gasteiger partial charge is 0.0335 e. The summed E-state index contributed by atoms with van der Waals surface area (Å²) in [5, 5.41) is 0. The Kier molecular flexibility index (Phi) is 5.83. The average Bonchev–Trinajstić information content (AvgIpc) is 2.48. The van der Waals surface area contributed by atoms with Crippen molar-refractivity contribution in [3.8, 4) is 0 Å². The monoisotopic (exact) mass is 288 g/mol. The summed E-state index contributed by atoms with van der Waals surface area (Å²) in [4.78, 5) is 2.67. The van der Waals surface area contributed by atoms with Crippen LogP contribution in [0.4, 0.5) is 0 Å². The van der Waals surface area contributed by atoms with Crippen LogP contribution in [-0.2, 0) is 6.54 Å². The lowest BCUT2D eigenvalue weighted by Gasteiger charge is -2.47. The van der Waals surface area contributed by atoms with Crippen LogP contribution in [0, 0.1) is 12.8 Å². The fourth-order valence-corrected chi connectivity index (χ4v) is 3.73. The van der Waals surface area contributed by atoms with Gasteiger partial charge in [-0.15, -0.1) is 0 Å². The van der Waals surface area contributed by atoms with Gasteiger partial charge in [-0.3, -0.25) is 4.90 Å². The van der Waals surface area contributed by atoms with E-state index in [-0.39, 0.29) is 5.54 Å².